The van der Waals surface area contributed by atoms with Gasteiger partial charge < -0.3 is 19.5 Å². The van der Waals surface area contributed by atoms with Crippen LogP contribution in [0.4, 0.5) is 5.69 Å². The summed E-state index contributed by atoms with van der Waals surface area (Å²) in [5, 5.41) is 7.69. The molecule has 0 radical (unpaired) electrons. The normalized spacial score (nSPS) is 10.4. The maximum Gasteiger partial charge on any atom is 0.230 e. The number of anilines is 1. The number of amides is 1. The minimum absolute atomic E-state index is 0.165. The van der Waals surface area contributed by atoms with Crippen LogP contribution in [0.25, 0.3) is 9.88 Å². The van der Waals surface area contributed by atoms with E-state index >= 15 is 0 Å². The topological polar surface area (TPSA) is 69.7 Å². The maximum absolute atomic E-state index is 12.4. The monoisotopic (exact) mass is 390 g/mol. The number of hydrogen-bond acceptors (Lipinski definition) is 7. The van der Waals surface area contributed by atoms with Crippen molar-refractivity contribution in [1.29, 1.82) is 0 Å². The van der Waals surface area contributed by atoms with Gasteiger partial charge in [-0.15, -0.1) is 22.7 Å². The number of methoxy groups -OCH3 is 3. The predicted molar refractivity (Wildman–Crippen MR) is 104 cm³/mol. The van der Waals surface area contributed by atoms with Crippen molar-refractivity contribution in [3.05, 3.63) is 40.7 Å². The number of carbonyl (C=O) groups excluding carboxylic acids is 1. The molecule has 0 spiro atoms. The van der Waals surface area contributed by atoms with Crippen molar-refractivity contribution in [2.75, 3.05) is 26.6 Å². The molecule has 1 aromatic carbocycles. The highest BCUT2D eigenvalue weighted by molar-refractivity contribution is 7.20. The number of thiazole rings is 1. The summed E-state index contributed by atoms with van der Waals surface area (Å²) in [6, 6.07) is 7.39. The lowest BCUT2D eigenvalue weighted by Crippen LogP contribution is -2.14. The Kier molecular flexibility index (Phi) is 5.75. The van der Waals surface area contributed by atoms with Crippen LogP contribution < -0.4 is 19.5 Å². The summed E-state index contributed by atoms with van der Waals surface area (Å²) in [5.74, 6) is 1.28. The van der Waals surface area contributed by atoms with Crippen molar-refractivity contribution in [2.45, 2.75) is 6.42 Å². The van der Waals surface area contributed by atoms with Gasteiger partial charge in [0.1, 0.15) is 5.01 Å². The Balaban J connectivity index is 1.72. The van der Waals surface area contributed by atoms with Gasteiger partial charge in [0.15, 0.2) is 11.5 Å². The van der Waals surface area contributed by atoms with E-state index in [1.807, 2.05) is 22.9 Å². The van der Waals surface area contributed by atoms with E-state index < -0.39 is 0 Å². The van der Waals surface area contributed by atoms with Crippen LogP contribution in [0.3, 0.4) is 0 Å². The van der Waals surface area contributed by atoms with Crippen molar-refractivity contribution in [2.24, 2.45) is 0 Å². The Bertz CT molecular complexity index is 865. The van der Waals surface area contributed by atoms with Crippen molar-refractivity contribution in [3.63, 3.8) is 0 Å². The second-order valence-electron chi connectivity index (χ2n) is 5.26. The van der Waals surface area contributed by atoms with Crippen LogP contribution in [-0.2, 0) is 11.2 Å². The Hall–Kier alpha value is -2.58. The van der Waals surface area contributed by atoms with Crippen LogP contribution in [0, 0.1) is 0 Å². The number of ether oxygens (including phenoxy) is 3. The van der Waals surface area contributed by atoms with E-state index in [1.165, 1.54) is 32.7 Å². The van der Waals surface area contributed by atoms with Crippen LogP contribution in [0.15, 0.2) is 35.0 Å². The molecular weight excluding hydrogens is 372 g/mol. The van der Waals surface area contributed by atoms with Crippen LogP contribution >= 0.6 is 22.7 Å². The number of hydrogen-bond donors (Lipinski definition) is 1. The Morgan fingerprint density at radius 2 is 1.85 bits per heavy atom. The number of carbonyl (C=O) groups is 1. The number of rotatable bonds is 7. The van der Waals surface area contributed by atoms with Gasteiger partial charge in [-0.2, -0.15) is 0 Å². The predicted octanol–water partition coefficient (Wildman–Crippen LogP) is 4.08. The third-order valence-electron chi connectivity index (χ3n) is 3.57. The smallest absolute Gasteiger partial charge is 0.230 e. The second kappa shape index (κ2) is 8.20. The molecule has 6 nitrogen and oxygen atoms in total. The van der Waals surface area contributed by atoms with Gasteiger partial charge in [-0.25, -0.2) is 4.98 Å². The average Bonchev–Trinajstić information content (AvgIpc) is 3.32. The number of aromatic nitrogens is 1. The van der Waals surface area contributed by atoms with Crippen molar-refractivity contribution < 1.29 is 19.0 Å². The fourth-order valence-corrected chi connectivity index (χ4v) is 4.06. The number of nitrogens with zero attached hydrogens (tertiary/aromatic N) is 1. The molecule has 0 fully saturated rings. The maximum atomic E-state index is 12.4. The molecule has 1 N–H and O–H groups in total. The van der Waals surface area contributed by atoms with Crippen molar-refractivity contribution in [3.8, 4) is 27.1 Å². The first-order valence-electron chi connectivity index (χ1n) is 7.72. The summed E-state index contributed by atoms with van der Waals surface area (Å²) in [7, 11) is 4.60. The van der Waals surface area contributed by atoms with E-state index in [0.717, 1.165) is 15.6 Å². The zero-order valence-corrected chi connectivity index (χ0v) is 16.2. The lowest BCUT2D eigenvalue weighted by Gasteiger charge is -2.14. The summed E-state index contributed by atoms with van der Waals surface area (Å²) < 4.78 is 15.9. The lowest BCUT2D eigenvalue weighted by atomic mass is 10.2. The molecule has 0 saturated carbocycles. The van der Waals surface area contributed by atoms with Crippen LogP contribution in [0.2, 0.25) is 0 Å². The Morgan fingerprint density at radius 1 is 1.12 bits per heavy atom. The first-order chi connectivity index (χ1) is 12.6. The zero-order valence-electron chi connectivity index (χ0n) is 14.6. The summed E-state index contributed by atoms with van der Waals surface area (Å²) in [4.78, 5) is 18.0. The molecule has 2 aromatic heterocycles. The van der Waals surface area contributed by atoms with Gasteiger partial charge in [-0.05, 0) is 11.4 Å². The number of thiophene rings is 1. The molecule has 0 bridgehead atoms. The van der Waals surface area contributed by atoms with Gasteiger partial charge in [-0.1, -0.05) is 6.07 Å². The van der Waals surface area contributed by atoms with Crippen LogP contribution in [0.1, 0.15) is 5.69 Å². The molecule has 8 heteroatoms. The first-order valence-corrected chi connectivity index (χ1v) is 9.48. The van der Waals surface area contributed by atoms with Gasteiger partial charge in [0, 0.05) is 23.2 Å². The van der Waals surface area contributed by atoms with E-state index in [2.05, 4.69) is 10.3 Å². The van der Waals surface area contributed by atoms with Gasteiger partial charge in [-0.3, -0.25) is 4.79 Å². The van der Waals surface area contributed by atoms with Crippen LogP contribution in [-0.4, -0.2) is 32.2 Å². The molecule has 26 heavy (non-hydrogen) atoms. The molecule has 3 aromatic rings. The van der Waals surface area contributed by atoms with E-state index in [9.17, 15) is 4.79 Å². The quantitative estimate of drug-likeness (QED) is 0.658. The first kappa shape index (κ1) is 18.2. The molecule has 0 aliphatic heterocycles. The SMILES string of the molecule is COc1cc(NC(=O)Cc2csc(-c3cccs3)n2)cc(OC)c1OC. The fourth-order valence-electron chi connectivity index (χ4n) is 2.42. The fraction of sp³-hybridized carbons (Fsp3) is 0.222. The average molecular weight is 390 g/mol. The molecule has 1 amide bonds. The Labute approximate surface area is 159 Å². The molecular formula is C18H18N2O4S2. The molecule has 0 aliphatic rings. The molecule has 0 saturated heterocycles. The van der Waals surface area contributed by atoms with Gasteiger partial charge in [0.05, 0.1) is 38.3 Å². The van der Waals surface area contributed by atoms with E-state index in [-0.39, 0.29) is 12.3 Å². The standard InChI is InChI=1S/C18H18N2O4S2/c1-22-13-7-11(8-14(23-2)17(13)24-3)19-16(21)9-12-10-26-18(20-12)15-5-4-6-25-15/h4-8,10H,9H2,1-3H3,(H,19,21). The van der Waals surface area contributed by atoms with E-state index in [0.29, 0.717) is 22.9 Å². The minimum Gasteiger partial charge on any atom is -0.493 e. The Morgan fingerprint density at radius 3 is 2.42 bits per heavy atom. The molecule has 0 atom stereocenters. The summed E-state index contributed by atoms with van der Waals surface area (Å²) >= 11 is 3.17. The second-order valence-corrected chi connectivity index (χ2v) is 7.07. The van der Waals surface area contributed by atoms with E-state index in [1.54, 1.807) is 23.5 Å². The van der Waals surface area contributed by atoms with Crippen molar-refractivity contribution in [1.82, 2.24) is 4.98 Å². The minimum atomic E-state index is -0.165. The lowest BCUT2D eigenvalue weighted by molar-refractivity contribution is -0.115. The molecule has 0 aliphatic carbocycles. The third-order valence-corrected chi connectivity index (χ3v) is 5.50. The molecule has 136 valence electrons. The molecule has 3 rings (SSSR count). The third kappa shape index (κ3) is 3.97. The summed E-state index contributed by atoms with van der Waals surface area (Å²) in [6.45, 7) is 0. The van der Waals surface area contributed by atoms with Crippen molar-refractivity contribution >= 4 is 34.3 Å². The van der Waals surface area contributed by atoms with Crippen LogP contribution in [0.5, 0.6) is 17.2 Å². The highest BCUT2D eigenvalue weighted by Crippen LogP contribution is 2.40. The summed E-state index contributed by atoms with van der Waals surface area (Å²) in [5.41, 5.74) is 1.31. The summed E-state index contributed by atoms with van der Waals surface area (Å²) in [6.07, 6.45) is 0.193. The highest BCUT2D eigenvalue weighted by Gasteiger charge is 2.15. The largest absolute Gasteiger partial charge is 0.493 e. The van der Waals surface area contributed by atoms with Gasteiger partial charge >= 0.3 is 0 Å². The zero-order chi connectivity index (χ0) is 18.5. The van der Waals surface area contributed by atoms with E-state index in [4.69, 9.17) is 14.2 Å². The highest BCUT2D eigenvalue weighted by atomic mass is 32.1. The number of nitrogens with one attached hydrogen (secondary N) is 1. The molecule has 0 unspecified atom stereocenters. The van der Waals surface area contributed by atoms with Gasteiger partial charge in [0.25, 0.3) is 0 Å². The molecule has 2 heterocycles. The van der Waals surface area contributed by atoms with Gasteiger partial charge in [0.2, 0.25) is 11.7 Å². The number of benzene rings is 1.